The predicted octanol–water partition coefficient (Wildman–Crippen LogP) is 1.72. The molecular weight excluding hydrogens is 270 g/mol. The van der Waals surface area contributed by atoms with Crippen LogP contribution in [-0.2, 0) is 9.53 Å². The number of nitrogens with zero attached hydrogens (tertiary/aromatic N) is 3. The zero-order valence-electron chi connectivity index (χ0n) is 11.3. The lowest BCUT2D eigenvalue weighted by molar-refractivity contribution is -0.138. The molecule has 1 aliphatic rings. The number of carbonyl (C=O) groups is 1. The Morgan fingerprint density at radius 2 is 2.21 bits per heavy atom. The molecule has 0 spiro atoms. The first-order chi connectivity index (χ1) is 8.99. The molecule has 1 amide bonds. The average Bonchev–Trinajstić information content (AvgIpc) is 2.87. The summed E-state index contributed by atoms with van der Waals surface area (Å²) in [5.74, 6) is 1.14. The van der Waals surface area contributed by atoms with Crippen LogP contribution in [-0.4, -0.2) is 46.0 Å². The molecular formula is C12H18ClN3O3. The molecule has 2 atom stereocenters. The van der Waals surface area contributed by atoms with Crippen LogP contribution in [0.4, 0.5) is 0 Å². The molecule has 0 saturated carbocycles. The molecule has 2 unspecified atom stereocenters. The van der Waals surface area contributed by atoms with E-state index in [1.807, 2.05) is 13.8 Å². The lowest BCUT2D eigenvalue weighted by Gasteiger charge is -2.32. The largest absolute Gasteiger partial charge is 0.366 e. The third kappa shape index (κ3) is 3.25. The summed E-state index contributed by atoms with van der Waals surface area (Å²) in [5.41, 5.74) is 0. The second-order valence-corrected chi connectivity index (χ2v) is 5.56. The molecule has 0 bridgehead atoms. The minimum atomic E-state index is -0.532. The highest BCUT2D eigenvalue weighted by molar-refractivity contribution is 6.30. The Morgan fingerprint density at radius 3 is 2.79 bits per heavy atom. The fourth-order valence-corrected chi connectivity index (χ4v) is 2.01. The van der Waals surface area contributed by atoms with E-state index in [1.165, 1.54) is 0 Å². The average molecular weight is 288 g/mol. The normalized spacial score (nSPS) is 21.7. The van der Waals surface area contributed by atoms with Crippen LogP contribution in [0.3, 0.4) is 0 Å². The molecule has 0 aromatic carbocycles. The van der Waals surface area contributed by atoms with Crippen LogP contribution in [0.1, 0.15) is 44.5 Å². The van der Waals surface area contributed by atoms with Crippen LogP contribution < -0.4 is 0 Å². The van der Waals surface area contributed by atoms with Crippen molar-refractivity contribution < 1.29 is 14.1 Å². The number of hydrogen-bond donors (Lipinski definition) is 0. The summed E-state index contributed by atoms with van der Waals surface area (Å²) in [6.45, 7) is 7.02. The summed E-state index contributed by atoms with van der Waals surface area (Å²) in [6.07, 6.45) is -0.343. The first-order valence-electron chi connectivity index (χ1n) is 6.37. The number of ether oxygens (including phenoxy) is 1. The van der Waals surface area contributed by atoms with Crippen molar-refractivity contribution in [2.24, 2.45) is 0 Å². The van der Waals surface area contributed by atoms with Crippen LogP contribution in [0, 0.1) is 0 Å². The van der Waals surface area contributed by atoms with Gasteiger partial charge in [0.25, 0.3) is 0 Å². The molecule has 0 radical (unpaired) electrons. The van der Waals surface area contributed by atoms with Crippen molar-refractivity contribution in [1.29, 1.82) is 0 Å². The maximum absolute atomic E-state index is 11.9. The summed E-state index contributed by atoms with van der Waals surface area (Å²) in [4.78, 5) is 17.8. The van der Waals surface area contributed by atoms with Crippen LogP contribution in [0.25, 0.3) is 0 Å². The van der Waals surface area contributed by atoms with E-state index in [1.54, 1.807) is 11.8 Å². The summed E-state index contributed by atoms with van der Waals surface area (Å²) in [6, 6.07) is 0. The van der Waals surface area contributed by atoms with Crippen molar-refractivity contribution in [3.8, 4) is 0 Å². The van der Waals surface area contributed by atoms with E-state index in [2.05, 4.69) is 10.1 Å². The molecule has 1 aliphatic heterocycles. The van der Waals surface area contributed by atoms with Crippen molar-refractivity contribution in [2.75, 3.05) is 19.7 Å². The SMILES string of the molecule is CC(Cl)C(=O)N1CCOC(c2noc(C(C)C)n2)C1. The smallest absolute Gasteiger partial charge is 0.240 e. The first kappa shape index (κ1) is 14.3. The van der Waals surface area contributed by atoms with E-state index >= 15 is 0 Å². The number of aromatic nitrogens is 2. The lowest BCUT2D eigenvalue weighted by Crippen LogP contribution is -2.45. The predicted molar refractivity (Wildman–Crippen MR) is 69.0 cm³/mol. The minimum absolute atomic E-state index is 0.0949. The number of alkyl halides is 1. The molecule has 1 saturated heterocycles. The summed E-state index contributed by atoms with van der Waals surface area (Å²) < 4.78 is 10.7. The van der Waals surface area contributed by atoms with Gasteiger partial charge in [-0.2, -0.15) is 4.98 Å². The van der Waals surface area contributed by atoms with Crippen molar-refractivity contribution in [3.05, 3.63) is 11.7 Å². The van der Waals surface area contributed by atoms with Crippen molar-refractivity contribution in [1.82, 2.24) is 15.0 Å². The Balaban J connectivity index is 2.06. The lowest BCUT2D eigenvalue weighted by atomic mass is 10.2. The number of amides is 1. The van der Waals surface area contributed by atoms with Gasteiger partial charge in [-0.05, 0) is 6.92 Å². The minimum Gasteiger partial charge on any atom is -0.366 e. The zero-order valence-corrected chi connectivity index (χ0v) is 12.1. The van der Waals surface area contributed by atoms with Gasteiger partial charge in [-0.25, -0.2) is 0 Å². The molecule has 1 aromatic heterocycles. The van der Waals surface area contributed by atoms with Crippen molar-refractivity contribution in [3.63, 3.8) is 0 Å². The van der Waals surface area contributed by atoms with Crippen LogP contribution in [0.2, 0.25) is 0 Å². The van der Waals surface area contributed by atoms with Crippen LogP contribution >= 0.6 is 11.6 Å². The van der Waals surface area contributed by atoms with Gasteiger partial charge in [0.1, 0.15) is 11.5 Å². The fraction of sp³-hybridized carbons (Fsp3) is 0.750. The van der Waals surface area contributed by atoms with E-state index < -0.39 is 5.38 Å². The van der Waals surface area contributed by atoms with Gasteiger partial charge in [0.05, 0.1) is 13.2 Å². The third-order valence-electron chi connectivity index (χ3n) is 2.96. The van der Waals surface area contributed by atoms with E-state index in [-0.39, 0.29) is 17.9 Å². The quantitative estimate of drug-likeness (QED) is 0.792. The van der Waals surface area contributed by atoms with Crippen molar-refractivity contribution >= 4 is 17.5 Å². The van der Waals surface area contributed by atoms with E-state index in [4.69, 9.17) is 20.9 Å². The zero-order chi connectivity index (χ0) is 14.0. The molecule has 19 heavy (non-hydrogen) atoms. The van der Waals surface area contributed by atoms with Crippen LogP contribution in [0.5, 0.6) is 0 Å². The summed E-state index contributed by atoms with van der Waals surface area (Å²) in [7, 11) is 0. The maximum atomic E-state index is 11.9. The number of hydrogen-bond acceptors (Lipinski definition) is 5. The van der Waals surface area contributed by atoms with Gasteiger partial charge in [0.15, 0.2) is 0 Å². The number of carbonyl (C=O) groups excluding carboxylic acids is 1. The van der Waals surface area contributed by atoms with Crippen LogP contribution in [0.15, 0.2) is 4.52 Å². The Labute approximate surface area is 117 Å². The third-order valence-corrected chi connectivity index (χ3v) is 3.14. The number of rotatable bonds is 3. The van der Waals surface area contributed by atoms with Gasteiger partial charge < -0.3 is 14.2 Å². The van der Waals surface area contributed by atoms with E-state index in [0.29, 0.717) is 31.4 Å². The second kappa shape index (κ2) is 5.88. The Kier molecular flexibility index (Phi) is 4.42. The molecule has 1 aromatic rings. The Morgan fingerprint density at radius 1 is 1.47 bits per heavy atom. The fourth-order valence-electron chi connectivity index (χ4n) is 1.87. The number of morpholine rings is 1. The van der Waals surface area contributed by atoms with Gasteiger partial charge in [0.2, 0.25) is 17.6 Å². The van der Waals surface area contributed by atoms with E-state index in [0.717, 1.165) is 0 Å². The Hall–Kier alpha value is -1.14. The molecule has 6 nitrogen and oxygen atoms in total. The first-order valence-corrected chi connectivity index (χ1v) is 6.80. The van der Waals surface area contributed by atoms with Gasteiger partial charge >= 0.3 is 0 Å². The standard InChI is InChI=1S/C12H18ClN3O3/c1-7(2)11-14-10(15-19-11)9-6-16(4-5-18-9)12(17)8(3)13/h7-9H,4-6H2,1-3H3. The molecule has 2 rings (SSSR count). The van der Waals surface area contributed by atoms with Gasteiger partial charge in [0, 0.05) is 12.5 Å². The van der Waals surface area contributed by atoms with Gasteiger partial charge in [-0.3, -0.25) is 4.79 Å². The Bertz CT molecular complexity index is 447. The maximum Gasteiger partial charge on any atom is 0.240 e. The highest BCUT2D eigenvalue weighted by Gasteiger charge is 2.30. The molecule has 0 N–H and O–H groups in total. The molecule has 106 valence electrons. The topological polar surface area (TPSA) is 68.5 Å². The molecule has 7 heteroatoms. The van der Waals surface area contributed by atoms with Gasteiger partial charge in [-0.15, -0.1) is 11.6 Å². The molecule has 1 fully saturated rings. The highest BCUT2D eigenvalue weighted by atomic mass is 35.5. The number of halogens is 1. The molecule has 2 heterocycles. The monoisotopic (exact) mass is 287 g/mol. The van der Waals surface area contributed by atoms with E-state index in [9.17, 15) is 4.79 Å². The summed E-state index contributed by atoms with van der Waals surface area (Å²) in [5, 5.41) is 3.39. The highest BCUT2D eigenvalue weighted by Crippen LogP contribution is 2.22. The molecule has 0 aliphatic carbocycles. The van der Waals surface area contributed by atoms with Gasteiger partial charge in [-0.1, -0.05) is 19.0 Å². The summed E-state index contributed by atoms with van der Waals surface area (Å²) >= 11 is 5.82. The van der Waals surface area contributed by atoms with Crippen molar-refractivity contribution in [2.45, 2.75) is 38.2 Å². The second-order valence-electron chi connectivity index (χ2n) is 4.91.